The molecule has 1 N–H and O–H groups in total. The van der Waals surface area contributed by atoms with Gasteiger partial charge in [0.05, 0.1) is 0 Å². The topological polar surface area (TPSA) is 37.3 Å². The molecule has 0 bridgehead atoms. The maximum atomic E-state index is 13.1. The Kier molecular flexibility index (Phi) is 4.07. The summed E-state index contributed by atoms with van der Waals surface area (Å²) >= 11 is 0. The van der Waals surface area contributed by atoms with Gasteiger partial charge in [0.15, 0.2) is 0 Å². The molecule has 0 heterocycles. The SMILES string of the molecule is Cc1ccc2c(c1)CCC1C2CC[C@]2(C)C(=O)[C@@H](CCCO)CC12. The number of fused-ring (bicyclic) bond motifs is 5. The van der Waals surface area contributed by atoms with Crippen LogP contribution in [-0.4, -0.2) is 17.5 Å². The van der Waals surface area contributed by atoms with Crippen LogP contribution in [-0.2, 0) is 11.2 Å². The molecule has 2 heteroatoms. The molecule has 2 saturated carbocycles. The fourth-order valence-corrected chi connectivity index (χ4v) is 6.24. The molecule has 4 rings (SSSR count). The minimum absolute atomic E-state index is 0.0938. The number of hydrogen-bond donors (Lipinski definition) is 1. The molecule has 0 aliphatic heterocycles. The van der Waals surface area contributed by atoms with Crippen LogP contribution in [0.3, 0.4) is 0 Å². The van der Waals surface area contributed by atoms with Crippen LogP contribution in [0.2, 0.25) is 0 Å². The summed E-state index contributed by atoms with van der Waals surface area (Å²) in [6, 6.07) is 7.01. The fraction of sp³-hybridized carbons (Fsp3) is 0.682. The number of ketones is 1. The number of carbonyl (C=O) groups is 1. The molecule has 1 aromatic carbocycles. The monoisotopic (exact) mass is 326 g/mol. The van der Waals surface area contributed by atoms with Crippen LogP contribution in [0, 0.1) is 30.1 Å². The quantitative estimate of drug-likeness (QED) is 0.893. The number of rotatable bonds is 3. The second-order valence-electron chi connectivity index (χ2n) is 8.74. The first-order valence-electron chi connectivity index (χ1n) is 9.79. The Bertz CT molecular complexity index is 649. The molecule has 0 spiro atoms. The molecule has 0 amide bonds. The first kappa shape index (κ1) is 16.3. The molecule has 3 aliphatic carbocycles. The van der Waals surface area contributed by atoms with Gasteiger partial charge in [-0.1, -0.05) is 30.7 Å². The van der Waals surface area contributed by atoms with E-state index in [4.69, 9.17) is 5.11 Å². The first-order chi connectivity index (χ1) is 11.5. The highest BCUT2D eigenvalue weighted by molar-refractivity contribution is 5.89. The van der Waals surface area contributed by atoms with Crippen molar-refractivity contribution in [2.24, 2.45) is 23.2 Å². The number of carbonyl (C=O) groups excluding carboxylic acids is 1. The predicted octanol–water partition coefficient (Wildman–Crippen LogP) is 4.42. The summed E-state index contributed by atoms with van der Waals surface area (Å²) < 4.78 is 0. The molecule has 1 aromatic rings. The average molecular weight is 326 g/mol. The van der Waals surface area contributed by atoms with Gasteiger partial charge in [-0.15, -0.1) is 0 Å². The van der Waals surface area contributed by atoms with Gasteiger partial charge in [-0.2, -0.15) is 0 Å². The van der Waals surface area contributed by atoms with Gasteiger partial charge in [0.1, 0.15) is 5.78 Å². The molecule has 0 aromatic heterocycles. The Morgan fingerprint density at radius 3 is 2.92 bits per heavy atom. The normalized spacial score (nSPS) is 37.7. The van der Waals surface area contributed by atoms with Crippen LogP contribution in [0.4, 0.5) is 0 Å². The van der Waals surface area contributed by atoms with Crippen LogP contribution in [0.1, 0.15) is 68.1 Å². The zero-order valence-corrected chi connectivity index (χ0v) is 15.1. The van der Waals surface area contributed by atoms with Crippen molar-refractivity contribution in [3.63, 3.8) is 0 Å². The van der Waals surface area contributed by atoms with Crippen molar-refractivity contribution in [3.8, 4) is 0 Å². The summed E-state index contributed by atoms with van der Waals surface area (Å²) in [6.45, 7) is 4.65. The van der Waals surface area contributed by atoms with Crippen molar-refractivity contribution >= 4 is 5.78 Å². The van der Waals surface area contributed by atoms with Crippen LogP contribution in [0.5, 0.6) is 0 Å². The van der Waals surface area contributed by atoms with Crippen molar-refractivity contribution in [1.82, 2.24) is 0 Å². The van der Waals surface area contributed by atoms with Crippen molar-refractivity contribution in [2.45, 2.75) is 64.7 Å². The summed E-state index contributed by atoms with van der Waals surface area (Å²) in [5, 5.41) is 9.14. The van der Waals surface area contributed by atoms with Gasteiger partial charge in [-0.05, 0) is 80.8 Å². The van der Waals surface area contributed by atoms with E-state index >= 15 is 0 Å². The van der Waals surface area contributed by atoms with E-state index in [0.29, 0.717) is 23.5 Å². The summed E-state index contributed by atoms with van der Waals surface area (Å²) in [5.41, 5.74) is 4.41. The van der Waals surface area contributed by atoms with Crippen molar-refractivity contribution in [3.05, 3.63) is 34.9 Å². The molecule has 2 fully saturated rings. The maximum absolute atomic E-state index is 13.1. The number of Topliss-reactive ketones (excluding diaryl/α,β-unsaturated/α-hetero) is 1. The van der Waals surface area contributed by atoms with E-state index in [9.17, 15) is 4.79 Å². The van der Waals surface area contributed by atoms with Gasteiger partial charge in [-0.3, -0.25) is 4.79 Å². The second-order valence-corrected chi connectivity index (χ2v) is 8.74. The lowest BCUT2D eigenvalue weighted by molar-refractivity contribution is -0.132. The average Bonchev–Trinajstić information content (AvgIpc) is 2.84. The highest BCUT2D eigenvalue weighted by Crippen LogP contribution is 2.61. The molecule has 3 unspecified atom stereocenters. The second kappa shape index (κ2) is 5.98. The highest BCUT2D eigenvalue weighted by Gasteiger charge is 2.57. The lowest BCUT2D eigenvalue weighted by Crippen LogP contribution is -2.42. The number of benzene rings is 1. The maximum Gasteiger partial charge on any atom is 0.142 e. The fourth-order valence-electron chi connectivity index (χ4n) is 6.24. The van der Waals surface area contributed by atoms with Crippen LogP contribution < -0.4 is 0 Å². The zero-order valence-electron chi connectivity index (χ0n) is 15.1. The molecule has 130 valence electrons. The Morgan fingerprint density at radius 2 is 2.12 bits per heavy atom. The van der Waals surface area contributed by atoms with E-state index < -0.39 is 0 Å². The molecule has 5 atom stereocenters. The summed E-state index contributed by atoms with van der Waals surface area (Å²) in [5.74, 6) is 2.61. The van der Waals surface area contributed by atoms with Crippen LogP contribution >= 0.6 is 0 Å². The standard InChI is InChI=1S/C22H30O2/c1-14-5-7-17-15(12-14)6-8-19-18(17)9-10-22(2)20(19)13-16(21(22)24)4-3-11-23/h5,7,12,16,18-20,23H,3-4,6,8-11,13H2,1-2H3/t16-,18?,19?,20?,22-/m0/s1. The van der Waals surface area contributed by atoms with Crippen LogP contribution in [0.15, 0.2) is 18.2 Å². The predicted molar refractivity (Wildman–Crippen MR) is 96.0 cm³/mol. The Hall–Kier alpha value is -1.15. The van der Waals surface area contributed by atoms with E-state index in [-0.39, 0.29) is 17.9 Å². The largest absolute Gasteiger partial charge is 0.396 e. The summed E-state index contributed by atoms with van der Waals surface area (Å²) in [7, 11) is 0. The molecule has 24 heavy (non-hydrogen) atoms. The lowest BCUT2D eigenvalue weighted by Gasteiger charge is -2.48. The van der Waals surface area contributed by atoms with E-state index in [1.165, 1.54) is 24.8 Å². The van der Waals surface area contributed by atoms with Crippen molar-refractivity contribution in [1.29, 1.82) is 0 Å². The number of hydrogen-bond acceptors (Lipinski definition) is 2. The van der Waals surface area contributed by atoms with Gasteiger partial charge >= 0.3 is 0 Å². The number of aryl methyl sites for hydroxylation is 2. The molecule has 0 saturated heterocycles. The lowest BCUT2D eigenvalue weighted by atomic mass is 9.55. The molecular weight excluding hydrogens is 296 g/mol. The minimum atomic E-state index is -0.0938. The first-order valence-corrected chi connectivity index (χ1v) is 9.79. The van der Waals surface area contributed by atoms with Gasteiger partial charge in [0.25, 0.3) is 0 Å². The third-order valence-corrected chi connectivity index (χ3v) is 7.45. The molecule has 0 radical (unpaired) electrons. The van der Waals surface area contributed by atoms with Crippen LogP contribution in [0.25, 0.3) is 0 Å². The Labute approximate surface area is 145 Å². The van der Waals surface area contributed by atoms with Gasteiger partial charge in [0.2, 0.25) is 0 Å². The van der Waals surface area contributed by atoms with Gasteiger partial charge < -0.3 is 5.11 Å². The smallest absolute Gasteiger partial charge is 0.142 e. The molecule has 2 nitrogen and oxygen atoms in total. The summed E-state index contributed by atoms with van der Waals surface area (Å²) in [6.07, 6.45) is 7.39. The number of aliphatic hydroxyl groups is 1. The Morgan fingerprint density at radius 1 is 1.29 bits per heavy atom. The van der Waals surface area contributed by atoms with E-state index in [1.54, 1.807) is 11.1 Å². The van der Waals surface area contributed by atoms with Gasteiger partial charge in [-0.25, -0.2) is 0 Å². The van der Waals surface area contributed by atoms with Crippen molar-refractivity contribution in [2.75, 3.05) is 6.61 Å². The molecular formula is C22H30O2. The third-order valence-electron chi connectivity index (χ3n) is 7.45. The summed E-state index contributed by atoms with van der Waals surface area (Å²) in [4.78, 5) is 13.1. The van der Waals surface area contributed by atoms with E-state index in [2.05, 4.69) is 32.0 Å². The number of aliphatic hydroxyl groups excluding tert-OH is 1. The Balaban J connectivity index is 1.62. The van der Waals surface area contributed by atoms with Crippen molar-refractivity contribution < 1.29 is 9.90 Å². The zero-order chi connectivity index (χ0) is 16.9. The molecule has 3 aliphatic rings. The minimum Gasteiger partial charge on any atom is -0.396 e. The van der Waals surface area contributed by atoms with E-state index in [1.807, 2.05) is 0 Å². The third kappa shape index (κ3) is 2.37. The van der Waals surface area contributed by atoms with Gasteiger partial charge in [0, 0.05) is 17.9 Å². The van der Waals surface area contributed by atoms with E-state index in [0.717, 1.165) is 25.7 Å². The highest BCUT2D eigenvalue weighted by atomic mass is 16.3.